The Morgan fingerprint density at radius 2 is 2.16 bits per heavy atom. The molecule has 0 N–H and O–H groups in total. The van der Waals surface area contributed by atoms with Gasteiger partial charge in [0.1, 0.15) is 17.0 Å². The maximum atomic E-state index is 4.51. The third-order valence-corrected chi connectivity index (χ3v) is 4.70. The molecule has 0 amide bonds. The summed E-state index contributed by atoms with van der Waals surface area (Å²) in [7, 11) is 0. The molecule has 3 rings (SSSR count). The second-order valence-corrected chi connectivity index (χ2v) is 6.36. The molecule has 1 unspecified atom stereocenters. The molecule has 0 aliphatic carbocycles. The van der Waals surface area contributed by atoms with Gasteiger partial charge in [0.25, 0.3) is 0 Å². The number of anilines is 1. The molecular weight excluding hydrogens is 256 g/mol. The Balaban J connectivity index is 1.86. The highest BCUT2D eigenvalue weighted by molar-refractivity contribution is 7.16. The highest BCUT2D eigenvalue weighted by atomic mass is 32.1. The van der Waals surface area contributed by atoms with E-state index in [1.165, 1.54) is 5.39 Å². The lowest BCUT2D eigenvalue weighted by molar-refractivity contribution is 0.148. The van der Waals surface area contributed by atoms with Crippen LogP contribution in [0.25, 0.3) is 10.2 Å². The van der Waals surface area contributed by atoms with Gasteiger partial charge in [-0.05, 0) is 32.2 Å². The van der Waals surface area contributed by atoms with E-state index in [4.69, 9.17) is 0 Å². The molecule has 1 saturated heterocycles. The highest BCUT2D eigenvalue weighted by Gasteiger charge is 2.26. The van der Waals surface area contributed by atoms with Crippen molar-refractivity contribution in [3.8, 4) is 0 Å². The van der Waals surface area contributed by atoms with Gasteiger partial charge >= 0.3 is 0 Å². The number of piperazine rings is 1. The van der Waals surface area contributed by atoms with Crippen molar-refractivity contribution in [2.75, 3.05) is 24.5 Å². The lowest BCUT2D eigenvalue weighted by Crippen LogP contribution is -2.54. The van der Waals surface area contributed by atoms with Crippen LogP contribution in [0.1, 0.15) is 20.8 Å². The average Bonchev–Trinajstić information content (AvgIpc) is 2.86. The monoisotopic (exact) mass is 276 g/mol. The van der Waals surface area contributed by atoms with Crippen LogP contribution in [0.15, 0.2) is 17.8 Å². The highest BCUT2D eigenvalue weighted by Crippen LogP contribution is 2.28. The Kier molecular flexibility index (Phi) is 3.41. The van der Waals surface area contributed by atoms with Gasteiger partial charge in [0.15, 0.2) is 0 Å². The summed E-state index contributed by atoms with van der Waals surface area (Å²) in [5, 5.41) is 3.29. The Hall–Kier alpha value is -1.20. The standard InChI is InChI=1S/C14H20N4S/c1-10(2)18-6-5-17(8-11(18)3)13-12-4-7-19-14(12)16-9-15-13/h4,7,9-11H,5-6,8H2,1-3H3. The minimum atomic E-state index is 0.567. The van der Waals surface area contributed by atoms with E-state index in [0.29, 0.717) is 12.1 Å². The number of thiophene rings is 1. The van der Waals surface area contributed by atoms with Crippen molar-refractivity contribution in [1.82, 2.24) is 14.9 Å². The van der Waals surface area contributed by atoms with E-state index in [2.05, 4.69) is 52.0 Å². The van der Waals surface area contributed by atoms with Crippen LogP contribution in [0.2, 0.25) is 0 Å². The minimum absolute atomic E-state index is 0.567. The van der Waals surface area contributed by atoms with E-state index in [-0.39, 0.29) is 0 Å². The summed E-state index contributed by atoms with van der Waals surface area (Å²) in [5.41, 5.74) is 0. The molecule has 0 bridgehead atoms. The van der Waals surface area contributed by atoms with Crippen LogP contribution in [-0.2, 0) is 0 Å². The van der Waals surface area contributed by atoms with Crippen molar-refractivity contribution in [3.05, 3.63) is 17.8 Å². The zero-order valence-electron chi connectivity index (χ0n) is 11.7. The largest absolute Gasteiger partial charge is 0.353 e. The lowest BCUT2D eigenvalue weighted by Gasteiger charge is -2.42. The van der Waals surface area contributed by atoms with Crippen molar-refractivity contribution in [3.63, 3.8) is 0 Å². The number of hydrogen-bond acceptors (Lipinski definition) is 5. The van der Waals surface area contributed by atoms with Crippen LogP contribution in [0, 0.1) is 0 Å². The topological polar surface area (TPSA) is 32.3 Å². The maximum absolute atomic E-state index is 4.51. The predicted molar refractivity (Wildman–Crippen MR) is 80.9 cm³/mol. The van der Waals surface area contributed by atoms with E-state index < -0.39 is 0 Å². The lowest BCUT2D eigenvalue weighted by atomic mass is 10.1. The van der Waals surface area contributed by atoms with Crippen molar-refractivity contribution < 1.29 is 0 Å². The normalized spacial score (nSPS) is 21.5. The van der Waals surface area contributed by atoms with Gasteiger partial charge in [-0.1, -0.05) is 0 Å². The molecular formula is C14H20N4S. The van der Waals surface area contributed by atoms with Gasteiger partial charge < -0.3 is 4.90 Å². The number of aromatic nitrogens is 2. The minimum Gasteiger partial charge on any atom is -0.353 e. The number of hydrogen-bond donors (Lipinski definition) is 0. The van der Waals surface area contributed by atoms with Crippen LogP contribution in [0.5, 0.6) is 0 Å². The molecule has 19 heavy (non-hydrogen) atoms. The van der Waals surface area contributed by atoms with E-state index in [9.17, 15) is 0 Å². The summed E-state index contributed by atoms with van der Waals surface area (Å²) >= 11 is 1.68. The average molecular weight is 276 g/mol. The second-order valence-electron chi connectivity index (χ2n) is 5.46. The fourth-order valence-electron chi connectivity index (χ4n) is 2.96. The van der Waals surface area contributed by atoms with Gasteiger partial charge in [0.05, 0.1) is 5.39 Å². The summed E-state index contributed by atoms with van der Waals surface area (Å²) in [6.07, 6.45) is 1.69. The number of nitrogens with zero attached hydrogens (tertiary/aromatic N) is 4. The summed E-state index contributed by atoms with van der Waals surface area (Å²) in [6.45, 7) is 10.0. The molecule has 0 spiro atoms. The summed E-state index contributed by atoms with van der Waals surface area (Å²) < 4.78 is 0. The first-order valence-electron chi connectivity index (χ1n) is 6.85. The van der Waals surface area contributed by atoms with Crippen LogP contribution < -0.4 is 4.90 Å². The summed E-state index contributed by atoms with van der Waals surface area (Å²) in [6, 6.07) is 3.32. The smallest absolute Gasteiger partial charge is 0.140 e. The first kappa shape index (κ1) is 12.8. The third kappa shape index (κ3) is 2.32. The fourth-order valence-corrected chi connectivity index (χ4v) is 3.69. The van der Waals surface area contributed by atoms with E-state index in [1.54, 1.807) is 17.7 Å². The van der Waals surface area contributed by atoms with Crippen molar-refractivity contribution in [2.24, 2.45) is 0 Å². The van der Waals surface area contributed by atoms with Crippen LogP contribution in [-0.4, -0.2) is 46.6 Å². The first-order valence-corrected chi connectivity index (χ1v) is 7.73. The van der Waals surface area contributed by atoms with Gasteiger partial charge in [-0.3, -0.25) is 4.90 Å². The molecule has 3 heterocycles. The third-order valence-electron chi connectivity index (χ3n) is 3.88. The molecule has 1 aliphatic heterocycles. The Morgan fingerprint density at radius 1 is 1.32 bits per heavy atom. The maximum Gasteiger partial charge on any atom is 0.140 e. The molecule has 1 atom stereocenters. The predicted octanol–water partition coefficient (Wildman–Crippen LogP) is 2.61. The summed E-state index contributed by atoms with van der Waals surface area (Å²) in [4.78, 5) is 14.9. The zero-order chi connectivity index (χ0) is 13.4. The molecule has 5 heteroatoms. The van der Waals surface area contributed by atoms with E-state index >= 15 is 0 Å². The fraction of sp³-hybridized carbons (Fsp3) is 0.571. The van der Waals surface area contributed by atoms with Crippen LogP contribution in [0.4, 0.5) is 5.82 Å². The first-order chi connectivity index (χ1) is 9.16. The van der Waals surface area contributed by atoms with Gasteiger partial charge in [0.2, 0.25) is 0 Å². The van der Waals surface area contributed by atoms with Gasteiger partial charge in [0, 0.05) is 31.7 Å². The molecule has 0 saturated carbocycles. The number of fused-ring (bicyclic) bond motifs is 1. The molecule has 0 aromatic carbocycles. The molecule has 4 nitrogen and oxygen atoms in total. The second kappa shape index (κ2) is 5.06. The quantitative estimate of drug-likeness (QED) is 0.844. The van der Waals surface area contributed by atoms with Gasteiger partial charge in [-0.25, -0.2) is 9.97 Å². The molecule has 1 aliphatic rings. The van der Waals surface area contributed by atoms with Gasteiger partial charge in [-0.2, -0.15) is 0 Å². The van der Waals surface area contributed by atoms with Crippen molar-refractivity contribution >= 4 is 27.4 Å². The molecule has 102 valence electrons. The molecule has 0 radical (unpaired) electrons. The molecule has 2 aromatic heterocycles. The van der Waals surface area contributed by atoms with Gasteiger partial charge in [-0.15, -0.1) is 11.3 Å². The van der Waals surface area contributed by atoms with Crippen molar-refractivity contribution in [2.45, 2.75) is 32.9 Å². The summed E-state index contributed by atoms with van der Waals surface area (Å²) in [5.74, 6) is 1.10. The molecule has 2 aromatic rings. The molecule has 1 fully saturated rings. The van der Waals surface area contributed by atoms with Crippen molar-refractivity contribution in [1.29, 1.82) is 0 Å². The van der Waals surface area contributed by atoms with E-state index in [1.807, 2.05) is 0 Å². The Morgan fingerprint density at radius 3 is 2.89 bits per heavy atom. The van der Waals surface area contributed by atoms with Crippen LogP contribution >= 0.6 is 11.3 Å². The Labute approximate surface area is 118 Å². The Bertz CT molecular complexity index is 565. The SMILES string of the molecule is CC(C)N1CCN(c2ncnc3sccc23)CC1C. The number of rotatable bonds is 2. The van der Waals surface area contributed by atoms with E-state index in [0.717, 1.165) is 30.3 Å². The van der Waals surface area contributed by atoms with Crippen LogP contribution in [0.3, 0.4) is 0 Å². The zero-order valence-corrected chi connectivity index (χ0v) is 12.5.